The Bertz CT molecular complexity index is 952. The second kappa shape index (κ2) is 8.91. The van der Waals surface area contributed by atoms with Crippen molar-refractivity contribution < 1.29 is 9.90 Å². The van der Waals surface area contributed by atoms with Gasteiger partial charge in [0.25, 0.3) is 0 Å². The van der Waals surface area contributed by atoms with Crippen LogP contribution in [0, 0.1) is 0 Å². The lowest BCUT2D eigenvalue weighted by Crippen LogP contribution is -2.31. The number of phenolic OH excluding ortho intramolecular Hbond substituents is 1. The molecule has 1 saturated heterocycles. The van der Waals surface area contributed by atoms with Crippen LogP contribution < -0.4 is 5.32 Å². The van der Waals surface area contributed by atoms with Gasteiger partial charge in [-0.05, 0) is 35.6 Å². The van der Waals surface area contributed by atoms with Gasteiger partial charge >= 0.3 is 6.03 Å². The van der Waals surface area contributed by atoms with Crippen molar-refractivity contribution in [1.29, 1.82) is 0 Å². The number of carbonyl (C=O) groups is 1. The Morgan fingerprint density at radius 3 is 2.79 bits per heavy atom. The molecule has 0 spiro atoms. The molecule has 0 bridgehead atoms. The Morgan fingerprint density at radius 2 is 2.07 bits per heavy atom. The maximum atomic E-state index is 12.7. The van der Waals surface area contributed by atoms with Crippen molar-refractivity contribution in [2.45, 2.75) is 25.4 Å². The third-order valence-electron chi connectivity index (χ3n) is 4.87. The first kappa shape index (κ1) is 19.2. The van der Waals surface area contributed by atoms with E-state index < -0.39 is 0 Å². The second-order valence-corrected chi connectivity index (χ2v) is 7.90. The first-order valence-corrected chi connectivity index (χ1v) is 10.5. The molecule has 3 heterocycles. The molecule has 8 heteroatoms. The highest BCUT2D eigenvalue weighted by molar-refractivity contribution is 7.09. The van der Waals surface area contributed by atoms with E-state index in [4.69, 9.17) is 4.99 Å². The number of carbonyl (C=O) groups excluding carboxylic acids is 1. The summed E-state index contributed by atoms with van der Waals surface area (Å²) in [6.45, 7) is 2.00. The number of benzene rings is 1. The fourth-order valence-corrected chi connectivity index (χ4v) is 4.15. The first-order chi connectivity index (χ1) is 14.2. The van der Waals surface area contributed by atoms with Crippen LogP contribution in [0.3, 0.4) is 0 Å². The van der Waals surface area contributed by atoms with E-state index in [9.17, 15) is 9.90 Å². The summed E-state index contributed by atoms with van der Waals surface area (Å²) < 4.78 is 2.00. The van der Waals surface area contributed by atoms with Gasteiger partial charge in [-0.15, -0.1) is 11.3 Å². The molecule has 4 rings (SSSR count). The number of aromatic hydroxyl groups is 1. The van der Waals surface area contributed by atoms with Crippen molar-refractivity contribution in [1.82, 2.24) is 19.8 Å². The van der Waals surface area contributed by atoms with Crippen LogP contribution >= 0.6 is 11.3 Å². The molecular formula is C21H23N5O2S. The van der Waals surface area contributed by atoms with Gasteiger partial charge in [0.05, 0.1) is 6.33 Å². The monoisotopic (exact) mass is 409 g/mol. The number of thiophene rings is 1. The average molecular weight is 410 g/mol. The van der Waals surface area contributed by atoms with Gasteiger partial charge in [-0.2, -0.15) is 0 Å². The van der Waals surface area contributed by atoms with Gasteiger partial charge in [0.1, 0.15) is 17.6 Å². The zero-order valence-electron chi connectivity index (χ0n) is 15.9. The highest BCUT2D eigenvalue weighted by atomic mass is 32.1. The molecular weight excluding hydrogens is 386 g/mol. The Hall–Kier alpha value is -3.13. The number of amidine groups is 1. The topological polar surface area (TPSA) is 82.7 Å². The zero-order valence-corrected chi connectivity index (χ0v) is 16.8. The smallest absolute Gasteiger partial charge is 0.323 e. The summed E-state index contributed by atoms with van der Waals surface area (Å²) in [7, 11) is 0. The third-order valence-corrected chi connectivity index (χ3v) is 5.81. The number of urea groups is 1. The standard InChI is InChI=1S/C21H23N5O2S/c27-17-6-4-16(5-7-17)19-20(23-9-8-18-3-1-14-29-18)24-21(28)26(19)12-2-11-25-13-10-22-15-25/h1,3-7,10,13-15,19,27H,2,8-9,11-12H2,(H,23,24,28). The van der Waals surface area contributed by atoms with E-state index in [1.54, 1.807) is 36.0 Å². The molecule has 1 aliphatic heterocycles. The van der Waals surface area contributed by atoms with Gasteiger partial charge in [0.15, 0.2) is 0 Å². The fourth-order valence-electron chi connectivity index (χ4n) is 3.45. The second-order valence-electron chi connectivity index (χ2n) is 6.87. The molecule has 2 N–H and O–H groups in total. The summed E-state index contributed by atoms with van der Waals surface area (Å²) in [6, 6.07) is 10.7. The number of amides is 2. The lowest BCUT2D eigenvalue weighted by atomic mass is 10.0. The molecule has 1 aromatic carbocycles. The molecule has 0 aliphatic carbocycles. The summed E-state index contributed by atoms with van der Waals surface area (Å²) in [4.78, 5) is 24.5. The number of nitrogens with one attached hydrogen (secondary N) is 1. The van der Waals surface area contributed by atoms with Crippen LogP contribution in [-0.4, -0.2) is 44.5 Å². The van der Waals surface area contributed by atoms with E-state index >= 15 is 0 Å². The number of aliphatic imine (C=N–C) groups is 1. The van der Waals surface area contributed by atoms with Crippen LogP contribution in [0.4, 0.5) is 4.79 Å². The molecule has 150 valence electrons. The zero-order chi connectivity index (χ0) is 20.1. The number of phenols is 1. The minimum atomic E-state index is -0.269. The maximum absolute atomic E-state index is 12.7. The quantitative estimate of drug-likeness (QED) is 0.598. The third kappa shape index (κ3) is 4.65. The van der Waals surface area contributed by atoms with Crippen LogP contribution in [0.1, 0.15) is 22.9 Å². The number of hydrogen-bond acceptors (Lipinski definition) is 5. The van der Waals surface area contributed by atoms with Gasteiger partial charge in [-0.3, -0.25) is 10.3 Å². The van der Waals surface area contributed by atoms with Crippen molar-refractivity contribution in [3.63, 3.8) is 0 Å². The van der Waals surface area contributed by atoms with Crippen molar-refractivity contribution in [2.24, 2.45) is 4.99 Å². The van der Waals surface area contributed by atoms with E-state index in [-0.39, 0.29) is 17.8 Å². The summed E-state index contributed by atoms with van der Waals surface area (Å²) in [5.41, 5.74) is 0.929. The molecule has 7 nitrogen and oxygen atoms in total. The molecule has 0 saturated carbocycles. The minimum absolute atomic E-state index is 0.136. The molecule has 1 atom stereocenters. The Balaban J connectivity index is 1.50. The minimum Gasteiger partial charge on any atom is -0.508 e. The van der Waals surface area contributed by atoms with E-state index in [2.05, 4.69) is 21.7 Å². The lowest BCUT2D eigenvalue weighted by molar-refractivity contribution is 0.204. The van der Waals surface area contributed by atoms with Gasteiger partial charge in [0, 0.05) is 43.3 Å². The number of hydrogen-bond donors (Lipinski definition) is 2. The summed E-state index contributed by atoms with van der Waals surface area (Å²) in [5.74, 6) is 0.869. The molecule has 2 aromatic heterocycles. The molecule has 1 fully saturated rings. The van der Waals surface area contributed by atoms with Crippen LogP contribution in [0.25, 0.3) is 0 Å². The molecule has 1 aliphatic rings. The van der Waals surface area contributed by atoms with Crippen molar-refractivity contribution >= 4 is 23.2 Å². The van der Waals surface area contributed by atoms with Crippen LogP contribution in [0.15, 0.2) is 65.5 Å². The Kier molecular flexibility index (Phi) is 5.90. The van der Waals surface area contributed by atoms with Crippen molar-refractivity contribution in [3.8, 4) is 5.75 Å². The highest BCUT2D eigenvalue weighted by Crippen LogP contribution is 2.28. The van der Waals surface area contributed by atoms with Crippen molar-refractivity contribution in [2.75, 3.05) is 13.1 Å². The summed E-state index contributed by atoms with van der Waals surface area (Å²) in [6.07, 6.45) is 7.10. The van der Waals surface area contributed by atoms with Crippen LogP contribution in [0.5, 0.6) is 5.75 Å². The predicted molar refractivity (Wildman–Crippen MR) is 113 cm³/mol. The Morgan fingerprint density at radius 1 is 1.21 bits per heavy atom. The lowest BCUT2D eigenvalue weighted by Gasteiger charge is -2.23. The maximum Gasteiger partial charge on any atom is 0.323 e. The first-order valence-electron chi connectivity index (χ1n) is 9.60. The number of aromatic nitrogens is 2. The summed E-state index contributed by atoms with van der Waals surface area (Å²) >= 11 is 1.71. The number of rotatable bonds is 8. The van der Waals surface area contributed by atoms with Gasteiger partial charge in [-0.1, -0.05) is 18.2 Å². The van der Waals surface area contributed by atoms with E-state index in [0.29, 0.717) is 18.9 Å². The molecule has 1 unspecified atom stereocenters. The molecule has 2 amide bonds. The Labute approximate surface area is 173 Å². The van der Waals surface area contributed by atoms with E-state index in [1.165, 1.54) is 4.88 Å². The van der Waals surface area contributed by atoms with Gasteiger partial charge in [-0.25, -0.2) is 9.78 Å². The largest absolute Gasteiger partial charge is 0.508 e. The number of imidazole rings is 1. The fraction of sp³-hybridized carbons (Fsp3) is 0.286. The highest BCUT2D eigenvalue weighted by Gasteiger charge is 2.37. The van der Waals surface area contributed by atoms with Gasteiger partial charge < -0.3 is 14.6 Å². The molecule has 29 heavy (non-hydrogen) atoms. The van der Waals surface area contributed by atoms with Gasteiger partial charge in [0.2, 0.25) is 0 Å². The molecule has 3 aromatic rings. The number of aryl methyl sites for hydroxylation is 1. The van der Waals surface area contributed by atoms with E-state index in [1.807, 2.05) is 33.9 Å². The van der Waals surface area contributed by atoms with Crippen LogP contribution in [-0.2, 0) is 13.0 Å². The summed E-state index contributed by atoms with van der Waals surface area (Å²) in [5, 5.41) is 14.6. The van der Waals surface area contributed by atoms with E-state index in [0.717, 1.165) is 24.9 Å². The SMILES string of the molecule is O=C1N/C(=N/CCc2cccs2)C(c2ccc(O)cc2)N1CCCn1ccnc1. The van der Waals surface area contributed by atoms with Crippen molar-refractivity contribution in [3.05, 3.63) is 70.9 Å². The molecule has 0 radical (unpaired) electrons. The normalized spacial score (nSPS) is 17.8. The number of nitrogens with zero attached hydrogens (tertiary/aromatic N) is 4. The van der Waals surface area contributed by atoms with Crippen LogP contribution in [0.2, 0.25) is 0 Å². The average Bonchev–Trinajstić information content (AvgIpc) is 3.46. The predicted octanol–water partition coefficient (Wildman–Crippen LogP) is 3.45.